The minimum absolute atomic E-state index is 0.110. The van der Waals surface area contributed by atoms with E-state index in [4.69, 9.17) is 10.00 Å². The Morgan fingerprint density at radius 1 is 1.35 bits per heavy atom. The average molecular weight is 297 g/mol. The Labute approximate surface area is 117 Å². The van der Waals surface area contributed by atoms with E-state index in [1.165, 1.54) is 0 Å². The summed E-state index contributed by atoms with van der Waals surface area (Å²) in [6, 6.07) is 8.53. The van der Waals surface area contributed by atoms with Gasteiger partial charge < -0.3 is 10.1 Å². The number of nitriles is 1. The van der Waals surface area contributed by atoms with Crippen molar-refractivity contribution < 1.29 is 17.9 Å². The molecule has 0 atom stereocenters. The summed E-state index contributed by atoms with van der Waals surface area (Å²) in [6.07, 6.45) is 1.04. The molecule has 1 aromatic carbocycles. The van der Waals surface area contributed by atoms with Crippen LogP contribution in [0.25, 0.3) is 0 Å². The number of amides is 1. The van der Waals surface area contributed by atoms with Crippen molar-refractivity contribution in [2.24, 2.45) is 0 Å². The molecule has 0 saturated heterocycles. The predicted molar refractivity (Wildman–Crippen MR) is 72.5 cm³/mol. The van der Waals surface area contributed by atoms with Crippen LogP contribution >= 0.6 is 0 Å². The van der Waals surface area contributed by atoms with Gasteiger partial charge in [-0.3, -0.25) is 4.79 Å². The number of hydrogen-bond donors (Lipinski definition) is 2. The lowest BCUT2D eigenvalue weighted by Crippen LogP contribution is -2.36. The molecule has 0 aromatic heterocycles. The normalized spacial score (nSPS) is 10.6. The van der Waals surface area contributed by atoms with E-state index in [2.05, 4.69) is 10.0 Å². The second kappa shape index (κ2) is 7.47. The number of carbonyl (C=O) groups is 1. The third-order valence-electron chi connectivity index (χ3n) is 2.18. The smallest absolute Gasteiger partial charge is 0.257 e. The molecule has 0 fully saturated rings. The molecule has 0 spiro atoms. The van der Waals surface area contributed by atoms with E-state index in [0.29, 0.717) is 11.3 Å². The molecule has 0 radical (unpaired) electrons. The molecule has 0 aliphatic rings. The third kappa shape index (κ3) is 6.17. The summed E-state index contributed by atoms with van der Waals surface area (Å²) >= 11 is 0. The molecule has 7 nitrogen and oxygen atoms in total. The van der Waals surface area contributed by atoms with Crippen molar-refractivity contribution in [3.63, 3.8) is 0 Å². The zero-order chi connectivity index (χ0) is 15.0. The zero-order valence-corrected chi connectivity index (χ0v) is 11.7. The molecule has 8 heteroatoms. The van der Waals surface area contributed by atoms with E-state index in [0.717, 1.165) is 6.26 Å². The SMILES string of the molecule is CS(=O)(=O)NCCNC(=O)COc1ccccc1C#N. The van der Waals surface area contributed by atoms with Gasteiger partial charge in [0.25, 0.3) is 5.91 Å². The molecule has 20 heavy (non-hydrogen) atoms. The predicted octanol–water partition coefficient (Wildman–Crippen LogP) is -0.398. The Kier molecular flexibility index (Phi) is 5.96. The number of nitrogens with zero attached hydrogens (tertiary/aromatic N) is 1. The van der Waals surface area contributed by atoms with Gasteiger partial charge in [0.15, 0.2) is 6.61 Å². The Balaban J connectivity index is 2.32. The highest BCUT2D eigenvalue weighted by molar-refractivity contribution is 7.88. The van der Waals surface area contributed by atoms with Gasteiger partial charge in [0, 0.05) is 13.1 Å². The topological polar surface area (TPSA) is 108 Å². The maximum atomic E-state index is 11.4. The van der Waals surface area contributed by atoms with Crippen LogP contribution in [0.4, 0.5) is 0 Å². The van der Waals surface area contributed by atoms with Crippen LogP contribution in [0.3, 0.4) is 0 Å². The first-order chi connectivity index (χ1) is 9.42. The fourth-order valence-electron chi connectivity index (χ4n) is 1.32. The van der Waals surface area contributed by atoms with Crippen molar-refractivity contribution in [2.45, 2.75) is 0 Å². The molecular weight excluding hydrogens is 282 g/mol. The fraction of sp³-hybridized carbons (Fsp3) is 0.333. The Bertz CT molecular complexity index is 607. The molecule has 108 valence electrons. The van der Waals surface area contributed by atoms with Gasteiger partial charge in [-0.15, -0.1) is 0 Å². The van der Waals surface area contributed by atoms with Crippen molar-refractivity contribution in [1.82, 2.24) is 10.0 Å². The van der Waals surface area contributed by atoms with Crippen LogP contribution in [0.15, 0.2) is 24.3 Å². The molecule has 2 N–H and O–H groups in total. The number of rotatable bonds is 7. The first-order valence-corrected chi connectivity index (χ1v) is 7.65. The quantitative estimate of drug-likeness (QED) is 0.666. The summed E-state index contributed by atoms with van der Waals surface area (Å²) in [6.45, 7) is 0.0338. The second-order valence-corrected chi connectivity index (χ2v) is 5.75. The summed E-state index contributed by atoms with van der Waals surface area (Å²) in [5.74, 6) is -0.0625. The first-order valence-electron chi connectivity index (χ1n) is 5.75. The lowest BCUT2D eigenvalue weighted by atomic mass is 10.2. The van der Waals surface area contributed by atoms with Gasteiger partial charge in [-0.2, -0.15) is 5.26 Å². The highest BCUT2D eigenvalue weighted by atomic mass is 32.2. The molecular formula is C12H15N3O4S. The van der Waals surface area contributed by atoms with E-state index >= 15 is 0 Å². The lowest BCUT2D eigenvalue weighted by Gasteiger charge is -2.08. The molecule has 1 aromatic rings. The van der Waals surface area contributed by atoms with Gasteiger partial charge in [0.2, 0.25) is 10.0 Å². The Morgan fingerprint density at radius 2 is 2.05 bits per heavy atom. The lowest BCUT2D eigenvalue weighted by molar-refractivity contribution is -0.123. The summed E-state index contributed by atoms with van der Waals surface area (Å²) in [7, 11) is -3.25. The number of carbonyl (C=O) groups excluding carboxylic acids is 1. The van der Waals surface area contributed by atoms with Crippen LogP contribution in [0.5, 0.6) is 5.75 Å². The van der Waals surface area contributed by atoms with Crippen molar-refractivity contribution in [2.75, 3.05) is 26.0 Å². The summed E-state index contributed by atoms with van der Waals surface area (Å²) in [4.78, 5) is 11.4. The molecule has 1 rings (SSSR count). The van der Waals surface area contributed by atoms with Crippen molar-refractivity contribution in [3.05, 3.63) is 29.8 Å². The summed E-state index contributed by atoms with van der Waals surface area (Å²) in [5, 5.41) is 11.3. The van der Waals surface area contributed by atoms with E-state index in [9.17, 15) is 13.2 Å². The maximum Gasteiger partial charge on any atom is 0.257 e. The third-order valence-corrected chi connectivity index (χ3v) is 2.91. The molecule has 0 bridgehead atoms. The van der Waals surface area contributed by atoms with E-state index in [-0.39, 0.29) is 19.7 Å². The van der Waals surface area contributed by atoms with Gasteiger partial charge in [-0.1, -0.05) is 12.1 Å². The van der Waals surface area contributed by atoms with Crippen LogP contribution in [-0.2, 0) is 14.8 Å². The number of nitrogens with one attached hydrogen (secondary N) is 2. The van der Waals surface area contributed by atoms with Gasteiger partial charge in [0.1, 0.15) is 11.8 Å². The minimum atomic E-state index is -3.25. The number of sulfonamides is 1. The van der Waals surface area contributed by atoms with Gasteiger partial charge in [-0.05, 0) is 12.1 Å². The maximum absolute atomic E-state index is 11.4. The highest BCUT2D eigenvalue weighted by Crippen LogP contribution is 2.15. The second-order valence-electron chi connectivity index (χ2n) is 3.91. The number of hydrogen-bond acceptors (Lipinski definition) is 5. The van der Waals surface area contributed by atoms with Crippen LogP contribution < -0.4 is 14.8 Å². The van der Waals surface area contributed by atoms with Crippen molar-refractivity contribution in [3.8, 4) is 11.8 Å². The number of benzene rings is 1. The summed E-state index contributed by atoms with van der Waals surface area (Å²) in [5.41, 5.74) is 0.346. The largest absolute Gasteiger partial charge is 0.482 e. The number of ether oxygens (including phenoxy) is 1. The van der Waals surface area contributed by atoms with E-state index < -0.39 is 15.9 Å². The molecule has 0 aliphatic heterocycles. The van der Waals surface area contributed by atoms with Crippen LogP contribution in [0.2, 0.25) is 0 Å². The van der Waals surface area contributed by atoms with E-state index in [1.807, 2.05) is 6.07 Å². The minimum Gasteiger partial charge on any atom is -0.482 e. The molecule has 0 unspecified atom stereocenters. The zero-order valence-electron chi connectivity index (χ0n) is 10.9. The fourth-order valence-corrected chi connectivity index (χ4v) is 1.79. The summed E-state index contributed by atoms with van der Waals surface area (Å²) < 4.78 is 29.0. The van der Waals surface area contributed by atoms with Crippen LogP contribution in [0, 0.1) is 11.3 Å². The first kappa shape index (κ1) is 15.9. The standard InChI is InChI=1S/C12H15N3O4S/c1-20(17,18)15-7-6-14-12(16)9-19-11-5-3-2-4-10(11)8-13/h2-5,15H,6-7,9H2,1H3,(H,14,16). The van der Waals surface area contributed by atoms with Crippen LogP contribution in [0.1, 0.15) is 5.56 Å². The van der Waals surface area contributed by atoms with Crippen molar-refractivity contribution in [1.29, 1.82) is 5.26 Å². The molecule has 0 saturated carbocycles. The van der Waals surface area contributed by atoms with Crippen molar-refractivity contribution >= 4 is 15.9 Å². The van der Waals surface area contributed by atoms with Crippen LogP contribution in [-0.4, -0.2) is 40.3 Å². The highest BCUT2D eigenvalue weighted by Gasteiger charge is 2.06. The Hall–Kier alpha value is -2.11. The average Bonchev–Trinajstić information content (AvgIpc) is 2.40. The van der Waals surface area contributed by atoms with Gasteiger partial charge in [-0.25, -0.2) is 13.1 Å². The van der Waals surface area contributed by atoms with E-state index in [1.54, 1.807) is 24.3 Å². The Morgan fingerprint density at radius 3 is 2.70 bits per heavy atom. The molecule has 0 aliphatic carbocycles. The number of para-hydroxylation sites is 1. The molecule has 1 amide bonds. The van der Waals surface area contributed by atoms with Gasteiger partial charge in [0.05, 0.1) is 11.8 Å². The monoisotopic (exact) mass is 297 g/mol. The van der Waals surface area contributed by atoms with Gasteiger partial charge >= 0.3 is 0 Å². The molecule has 0 heterocycles.